The molecule has 3 N–H and O–H groups in total. The molecule has 0 spiro atoms. The maximum absolute atomic E-state index is 11.8. The lowest BCUT2D eigenvalue weighted by Gasteiger charge is -2.32. The summed E-state index contributed by atoms with van der Waals surface area (Å²) in [4.78, 5) is 23.2. The number of hydrogen-bond donors (Lipinski definition) is 3. The number of hydrogen-bond acceptors (Lipinski definition) is 3. The lowest BCUT2D eigenvalue weighted by molar-refractivity contribution is -0.150. The molecule has 25 heavy (non-hydrogen) atoms. The third-order valence-corrected chi connectivity index (χ3v) is 5.06. The van der Waals surface area contributed by atoms with Gasteiger partial charge in [-0.1, -0.05) is 44.1 Å². The highest BCUT2D eigenvalue weighted by molar-refractivity contribution is 5.85. The Morgan fingerprint density at radius 1 is 1.28 bits per heavy atom. The molecule has 2 rings (SSSR count). The zero-order valence-electron chi connectivity index (χ0n) is 15.7. The van der Waals surface area contributed by atoms with Crippen LogP contribution in [0.3, 0.4) is 0 Å². The van der Waals surface area contributed by atoms with E-state index in [4.69, 9.17) is 0 Å². The highest BCUT2D eigenvalue weighted by Crippen LogP contribution is 2.40. The highest BCUT2D eigenvalue weighted by atomic mass is 16.4. The van der Waals surface area contributed by atoms with Crippen LogP contribution in [0, 0.1) is 17.8 Å². The molecule has 2 aliphatic carbocycles. The first kappa shape index (κ1) is 19.7. The number of allylic oxidation sites excluding steroid dienone is 4. The van der Waals surface area contributed by atoms with Crippen LogP contribution in [-0.4, -0.2) is 29.2 Å². The van der Waals surface area contributed by atoms with Crippen molar-refractivity contribution in [1.82, 2.24) is 10.6 Å². The van der Waals surface area contributed by atoms with E-state index in [1.165, 1.54) is 13.3 Å². The highest BCUT2D eigenvalue weighted by Gasteiger charge is 2.39. The van der Waals surface area contributed by atoms with Crippen LogP contribution in [-0.2, 0) is 9.59 Å². The molecule has 0 saturated carbocycles. The fraction of sp³-hybridized carbons (Fsp3) is 0.700. The summed E-state index contributed by atoms with van der Waals surface area (Å²) >= 11 is 0. The van der Waals surface area contributed by atoms with Crippen molar-refractivity contribution in [2.45, 2.75) is 65.0 Å². The van der Waals surface area contributed by atoms with Gasteiger partial charge < -0.3 is 10.4 Å². The predicted molar refractivity (Wildman–Crippen MR) is 98.9 cm³/mol. The van der Waals surface area contributed by atoms with E-state index in [1.807, 2.05) is 13.8 Å². The zero-order chi connectivity index (χ0) is 18.4. The standard InChI is InChI=1S/C20H32N2O3/c1-14(2)13-20(19(24)25,22-15(3)23)21-10-6-4-5-7-17-11-16-8-9-18(17)12-16/h8-9,11,14,16,18,21H,4-7,10,12-13H2,1-3H3,(H,22,23)(H,24,25)/t16?,18?,20-/m1/s1. The monoisotopic (exact) mass is 348 g/mol. The Labute approximate surface area is 150 Å². The number of carbonyl (C=O) groups is 2. The maximum atomic E-state index is 11.8. The summed E-state index contributed by atoms with van der Waals surface area (Å²) in [5, 5.41) is 15.3. The molecule has 2 bridgehead atoms. The third kappa shape index (κ3) is 5.43. The van der Waals surface area contributed by atoms with Crippen molar-refractivity contribution in [2.75, 3.05) is 6.54 Å². The second kappa shape index (κ2) is 8.65. The van der Waals surface area contributed by atoms with Crippen LogP contribution < -0.4 is 10.6 Å². The molecular weight excluding hydrogens is 316 g/mol. The van der Waals surface area contributed by atoms with Crippen molar-refractivity contribution in [1.29, 1.82) is 0 Å². The molecule has 5 nitrogen and oxygen atoms in total. The van der Waals surface area contributed by atoms with E-state index in [-0.39, 0.29) is 11.8 Å². The van der Waals surface area contributed by atoms with Gasteiger partial charge in [0.05, 0.1) is 0 Å². The van der Waals surface area contributed by atoms with Crippen LogP contribution in [0.5, 0.6) is 0 Å². The summed E-state index contributed by atoms with van der Waals surface area (Å²) in [6, 6.07) is 0. The normalized spacial score (nSPS) is 23.6. The van der Waals surface area contributed by atoms with Gasteiger partial charge in [-0.05, 0) is 56.4 Å². The number of carboxylic acids is 1. The molecule has 0 saturated heterocycles. The quantitative estimate of drug-likeness (QED) is 0.304. The summed E-state index contributed by atoms with van der Waals surface area (Å²) in [7, 11) is 0. The molecule has 2 unspecified atom stereocenters. The maximum Gasteiger partial charge on any atom is 0.344 e. The number of carboxylic acid groups (broad SMARTS) is 1. The van der Waals surface area contributed by atoms with E-state index >= 15 is 0 Å². The van der Waals surface area contributed by atoms with E-state index in [0.717, 1.165) is 25.7 Å². The molecular formula is C20H32N2O3. The summed E-state index contributed by atoms with van der Waals surface area (Å²) < 4.78 is 0. The van der Waals surface area contributed by atoms with Crippen LogP contribution in [0.4, 0.5) is 0 Å². The number of unbranched alkanes of at least 4 members (excludes halogenated alkanes) is 2. The SMILES string of the molecule is CC(=O)N[C@@](CC(C)C)(NCCCCCC1=CC2C=CC1C2)C(=O)O. The summed E-state index contributed by atoms with van der Waals surface area (Å²) in [5.41, 5.74) is 0.219. The Morgan fingerprint density at radius 2 is 2.04 bits per heavy atom. The first-order chi connectivity index (χ1) is 11.8. The molecule has 0 fully saturated rings. The molecule has 0 radical (unpaired) electrons. The van der Waals surface area contributed by atoms with Crippen molar-refractivity contribution in [3.8, 4) is 0 Å². The molecule has 0 aliphatic heterocycles. The second-order valence-corrected chi connectivity index (χ2v) is 7.86. The molecule has 140 valence electrons. The summed E-state index contributed by atoms with van der Waals surface area (Å²) in [5.74, 6) is 0.163. The third-order valence-electron chi connectivity index (χ3n) is 5.06. The lowest BCUT2D eigenvalue weighted by Crippen LogP contribution is -2.64. The number of amides is 1. The Balaban J connectivity index is 1.73. The lowest BCUT2D eigenvalue weighted by atomic mass is 9.96. The smallest absolute Gasteiger partial charge is 0.344 e. The minimum atomic E-state index is -1.36. The molecule has 5 heteroatoms. The van der Waals surface area contributed by atoms with Crippen LogP contribution in [0.1, 0.15) is 59.3 Å². The van der Waals surface area contributed by atoms with Gasteiger partial charge >= 0.3 is 5.97 Å². The number of nitrogens with one attached hydrogen (secondary N) is 2. The van der Waals surface area contributed by atoms with Gasteiger partial charge in [0.15, 0.2) is 5.66 Å². The Hall–Kier alpha value is -1.62. The Bertz CT molecular complexity index is 553. The van der Waals surface area contributed by atoms with Crippen molar-refractivity contribution in [3.05, 3.63) is 23.8 Å². The van der Waals surface area contributed by atoms with Crippen LogP contribution in [0.2, 0.25) is 0 Å². The molecule has 0 heterocycles. The van der Waals surface area contributed by atoms with Gasteiger partial charge in [0, 0.05) is 6.92 Å². The average molecular weight is 348 g/mol. The van der Waals surface area contributed by atoms with Gasteiger partial charge in [0.25, 0.3) is 0 Å². The number of fused-ring (bicyclic) bond motifs is 2. The first-order valence-corrected chi connectivity index (χ1v) is 9.48. The first-order valence-electron chi connectivity index (χ1n) is 9.48. The van der Waals surface area contributed by atoms with Gasteiger partial charge in [-0.15, -0.1) is 0 Å². The van der Waals surface area contributed by atoms with Crippen LogP contribution >= 0.6 is 0 Å². The molecule has 0 aromatic carbocycles. The summed E-state index contributed by atoms with van der Waals surface area (Å²) in [6.45, 7) is 5.86. The molecule has 1 amide bonds. The molecule has 0 aromatic heterocycles. The van der Waals surface area contributed by atoms with E-state index in [9.17, 15) is 14.7 Å². The molecule has 0 aromatic rings. The van der Waals surface area contributed by atoms with Crippen molar-refractivity contribution < 1.29 is 14.7 Å². The Kier molecular flexibility index (Phi) is 6.82. The van der Waals surface area contributed by atoms with Crippen molar-refractivity contribution in [2.24, 2.45) is 17.8 Å². The fourth-order valence-corrected chi connectivity index (χ4v) is 4.02. The van der Waals surface area contributed by atoms with Crippen molar-refractivity contribution in [3.63, 3.8) is 0 Å². The second-order valence-electron chi connectivity index (χ2n) is 7.86. The number of aliphatic carboxylic acids is 1. The predicted octanol–water partition coefficient (Wildman–Crippen LogP) is 3.23. The van der Waals surface area contributed by atoms with Gasteiger partial charge in [-0.3, -0.25) is 10.1 Å². The van der Waals surface area contributed by atoms with Crippen LogP contribution in [0.25, 0.3) is 0 Å². The van der Waals surface area contributed by atoms with E-state index in [0.29, 0.717) is 24.8 Å². The average Bonchev–Trinajstić information content (AvgIpc) is 3.11. The summed E-state index contributed by atoms with van der Waals surface area (Å²) in [6.07, 6.45) is 12.9. The van der Waals surface area contributed by atoms with Gasteiger partial charge in [-0.25, -0.2) is 4.79 Å². The van der Waals surface area contributed by atoms with E-state index in [2.05, 4.69) is 28.9 Å². The molecule has 3 atom stereocenters. The van der Waals surface area contributed by atoms with Crippen LogP contribution in [0.15, 0.2) is 23.8 Å². The van der Waals surface area contributed by atoms with Gasteiger partial charge in [0.2, 0.25) is 5.91 Å². The Morgan fingerprint density at radius 3 is 2.56 bits per heavy atom. The number of carbonyl (C=O) groups excluding carboxylic acids is 1. The fourth-order valence-electron chi connectivity index (χ4n) is 4.02. The van der Waals surface area contributed by atoms with E-state index < -0.39 is 11.6 Å². The van der Waals surface area contributed by atoms with Gasteiger partial charge in [-0.2, -0.15) is 0 Å². The zero-order valence-corrected chi connectivity index (χ0v) is 15.7. The van der Waals surface area contributed by atoms with Crippen molar-refractivity contribution >= 4 is 11.9 Å². The largest absolute Gasteiger partial charge is 0.478 e. The molecule has 2 aliphatic rings. The van der Waals surface area contributed by atoms with E-state index in [1.54, 1.807) is 5.57 Å². The minimum Gasteiger partial charge on any atom is -0.478 e. The van der Waals surface area contributed by atoms with Gasteiger partial charge in [0.1, 0.15) is 0 Å². The number of rotatable bonds is 11. The topological polar surface area (TPSA) is 78.4 Å². The minimum absolute atomic E-state index is 0.160.